The first-order valence-corrected chi connectivity index (χ1v) is 7.08. The number of hydrogen-bond donors (Lipinski definition) is 0. The van der Waals surface area contributed by atoms with Crippen LogP contribution < -0.4 is 0 Å². The second kappa shape index (κ2) is 6.27. The Bertz CT molecular complexity index is 245. The molecular weight excluding hydrogens is 212 g/mol. The van der Waals surface area contributed by atoms with Gasteiger partial charge in [-0.1, -0.05) is 39.5 Å². The van der Waals surface area contributed by atoms with Crippen molar-refractivity contribution in [1.29, 1.82) is 0 Å². The third-order valence-corrected chi connectivity index (χ3v) is 4.01. The maximum atomic E-state index is 12.1. The minimum Gasteiger partial charge on any atom is -0.326 e. The number of rotatable bonds is 7. The molecule has 0 aliphatic carbocycles. The summed E-state index contributed by atoms with van der Waals surface area (Å²) in [6.07, 6.45) is 7.13. The van der Waals surface area contributed by atoms with Gasteiger partial charge in [-0.05, 0) is 19.8 Å². The summed E-state index contributed by atoms with van der Waals surface area (Å²) in [7, 11) is 1.91. The number of likely N-dealkylation sites (N-methyl/N-ethyl adjacent to an activating group) is 1. The van der Waals surface area contributed by atoms with E-state index < -0.39 is 0 Å². The molecule has 0 aromatic carbocycles. The third-order valence-electron chi connectivity index (χ3n) is 4.01. The van der Waals surface area contributed by atoms with Gasteiger partial charge in [-0.25, -0.2) is 4.79 Å². The minimum atomic E-state index is 0.0772. The van der Waals surface area contributed by atoms with Gasteiger partial charge in [0.15, 0.2) is 0 Å². The Morgan fingerprint density at radius 1 is 1.12 bits per heavy atom. The van der Waals surface area contributed by atoms with Crippen molar-refractivity contribution in [2.75, 3.05) is 20.1 Å². The summed E-state index contributed by atoms with van der Waals surface area (Å²) in [6, 6.07) is 0.222. The van der Waals surface area contributed by atoms with Crippen molar-refractivity contribution >= 4 is 6.03 Å². The summed E-state index contributed by atoms with van der Waals surface area (Å²) in [5.74, 6) is 0. The number of nitrogens with zero attached hydrogens (tertiary/aromatic N) is 2. The molecule has 0 radical (unpaired) electrons. The molecule has 2 amide bonds. The number of carbonyl (C=O) groups excluding carboxylic acids is 1. The van der Waals surface area contributed by atoms with Crippen LogP contribution in [0, 0.1) is 0 Å². The van der Waals surface area contributed by atoms with Gasteiger partial charge in [-0.15, -0.1) is 0 Å². The normalized spacial score (nSPS) is 17.1. The molecule has 17 heavy (non-hydrogen) atoms. The molecule has 1 aliphatic rings. The Kier molecular flexibility index (Phi) is 5.29. The number of amides is 2. The van der Waals surface area contributed by atoms with Crippen LogP contribution in [0.1, 0.15) is 59.3 Å². The van der Waals surface area contributed by atoms with E-state index in [0.717, 1.165) is 25.9 Å². The van der Waals surface area contributed by atoms with E-state index in [1.54, 1.807) is 0 Å². The second-order valence-electron chi connectivity index (χ2n) is 5.56. The van der Waals surface area contributed by atoms with E-state index in [4.69, 9.17) is 0 Å². The molecule has 0 unspecified atom stereocenters. The van der Waals surface area contributed by atoms with Crippen molar-refractivity contribution in [3.05, 3.63) is 0 Å². The van der Waals surface area contributed by atoms with Crippen LogP contribution in [0.25, 0.3) is 0 Å². The average Bonchev–Trinajstić information content (AvgIpc) is 2.65. The fraction of sp³-hybridized carbons (Fsp3) is 0.929. The monoisotopic (exact) mass is 240 g/mol. The molecule has 3 heteroatoms. The lowest BCUT2D eigenvalue weighted by atomic mass is 9.87. The highest BCUT2D eigenvalue weighted by Crippen LogP contribution is 2.31. The van der Waals surface area contributed by atoms with Crippen LogP contribution in [0.3, 0.4) is 0 Å². The predicted molar refractivity (Wildman–Crippen MR) is 72.2 cm³/mol. The molecule has 0 saturated carbocycles. The molecule has 0 spiro atoms. The smallest absolute Gasteiger partial charge is 0.320 e. The maximum Gasteiger partial charge on any atom is 0.320 e. The zero-order valence-corrected chi connectivity index (χ0v) is 12.0. The maximum absolute atomic E-state index is 12.1. The molecule has 100 valence electrons. The summed E-state index contributed by atoms with van der Waals surface area (Å²) in [4.78, 5) is 16.1. The number of unbranched alkanes of at least 4 members (excludes halogenated alkanes) is 2. The van der Waals surface area contributed by atoms with Crippen LogP contribution >= 0.6 is 0 Å². The second-order valence-corrected chi connectivity index (χ2v) is 5.56. The Balaban J connectivity index is 2.70. The highest BCUT2D eigenvalue weighted by molar-refractivity contribution is 5.77. The fourth-order valence-electron chi connectivity index (χ4n) is 2.66. The summed E-state index contributed by atoms with van der Waals surface area (Å²) in [6.45, 7) is 8.50. The van der Waals surface area contributed by atoms with Crippen molar-refractivity contribution in [2.24, 2.45) is 0 Å². The summed E-state index contributed by atoms with van der Waals surface area (Å²) in [5.41, 5.74) is 0.0772. The molecule has 1 saturated heterocycles. The lowest BCUT2D eigenvalue weighted by Gasteiger charge is -2.39. The summed E-state index contributed by atoms with van der Waals surface area (Å²) >= 11 is 0. The van der Waals surface area contributed by atoms with Crippen LogP contribution in [0.4, 0.5) is 4.79 Å². The SMILES string of the molecule is CCCCC(C)(CCCC)N1CCN(C)C1=O. The van der Waals surface area contributed by atoms with E-state index in [1.807, 2.05) is 11.9 Å². The van der Waals surface area contributed by atoms with Crippen molar-refractivity contribution in [3.63, 3.8) is 0 Å². The van der Waals surface area contributed by atoms with E-state index in [1.165, 1.54) is 25.7 Å². The molecule has 0 bridgehead atoms. The molecule has 1 fully saturated rings. The first-order chi connectivity index (χ1) is 8.05. The highest BCUT2D eigenvalue weighted by Gasteiger charge is 2.38. The van der Waals surface area contributed by atoms with Crippen LogP contribution in [0.5, 0.6) is 0 Å². The van der Waals surface area contributed by atoms with Gasteiger partial charge in [0.1, 0.15) is 0 Å². The Morgan fingerprint density at radius 3 is 2.00 bits per heavy atom. The van der Waals surface area contributed by atoms with Crippen molar-refractivity contribution < 1.29 is 4.79 Å². The molecule has 0 atom stereocenters. The van der Waals surface area contributed by atoms with E-state index >= 15 is 0 Å². The van der Waals surface area contributed by atoms with E-state index in [9.17, 15) is 4.79 Å². The van der Waals surface area contributed by atoms with Crippen molar-refractivity contribution in [2.45, 2.75) is 64.8 Å². The van der Waals surface area contributed by atoms with Crippen LogP contribution in [-0.2, 0) is 0 Å². The van der Waals surface area contributed by atoms with Crippen molar-refractivity contribution in [1.82, 2.24) is 9.80 Å². The summed E-state index contributed by atoms with van der Waals surface area (Å²) < 4.78 is 0. The van der Waals surface area contributed by atoms with Gasteiger partial charge in [-0.3, -0.25) is 0 Å². The molecule has 0 aromatic rings. The van der Waals surface area contributed by atoms with Gasteiger partial charge in [0.05, 0.1) is 0 Å². The van der Waals surface area contributed by atoms with Gasteiger partial charge in [0.2, 0.25) is 0 Å². The van der Waals surface area contributed by atoms with E-state index in [2.05, 4.69) is 25.7 Å². The quantitative estimate of drug-likeness (QED) is 0.668. The van der Waals surface area contributed by atoms with Gasteiger partial charge in [-0.2, -0.15) is 0 Å². The third kappa shape index (κ3) is 3.36. The number of hydrogen-bond acceptors (Lipinski definition) is 1. The first-order valence-electron chi connectivity index (χ1n) is 7.08. The van der Waals surface area contributed by atoms with Gasteiger partial charge in [0.25, 0.3) is 0 Å². The first kappa shape index (κ1) is 14.3. The standard InChI is InChI=1S/C14H28N2O/c1-5-7-9-14(3,10-8-6-2)16-12-11-15(4)13(16)17/h5-12H2,1-4H3. The minimum absolute atomic E-state index is 0.0772. The topological polar surface area (TPSA) is 23.6 Å². The van der Waals surface area contributed by atoms with E-state index in [-0.39, 0.29) is 11.6 Å². The molecule has 0 N–H and O–H groups in total. The Labute approximate surface area is 106 Å². The summed E-state index contributed by atoms with van der Waals surface area (Å²) in [5, 5.41) is 0. The zero-order chi connectivity index (χ0) is 12.9. The highest BCUT2D eigenvalue weighted by atomic mass is 16.2. The zero-order valence-electron chi connectivity index (χ0n) is 12.0. The van der Waals surface area contributed by atoms with Gasteiger partial charge in [0, 0.05) is 25.7 Å². The van der Waals surface area contributed by atoms with Crippen LogP contribution in [0.2, 0.25) is 0 Å². The lowest BCUT2D eigenvalue weighted by Crippen LogP contribution is -2.48. The molecular formula is C14H28N2O. The number of urea groups is 1. The Hall–Kier alpha value is -0.730. The number of carbonyl (C=O) groups is 1. The molecule has 0 aromatic heterocycles. The molecule has 1 aliphatic heterocycles. The van der Waals surface area contributed by atoms with E-state index in [0.29, 0.717) is 0 Å². The van der Waals surface area contributed by atoms with Crippen LogP contribution in [-0.4, -0.2) is 41.5 Å². The Morgan fingerprint density at radius 2 is 1.65 bits per heavy atom. The average molecular weight is 240 g/mol. The molecule has 1 rings (SSSR count). The van der Waals surface area contributed by atoms with Gasteiger partial charge < -0.3 is 9.80 Å². The van der Waals surface area contributed by atoms with Crippen LogP contribution in [0.15, 0.2) is 0 Å². The molecule has 1 heterocycles. The molecule has 3 nitrogen and oxygen atoms in total. The largest absolute Gasteiger partial charge is 0.326 e. The fourth-order valence-corrected chi connectivity index (χ4v) is 2.66. The van der Waals surface area contributed by atoms with Gasteiger partial charge >= 0.3 is 6.03 Å². The van der Waals surface area contributed by atoms with Crippen molar-refractivity contribution in [3.8, 4) is 0 Å². The lowest BCUT2D eigenvalue weighted by molar-refractivity contribution is 0.121. The predicted octanol–water partition coefficient (Wildman–Crippen LogP) is 3.49.